The van der Waals surface area contributed by atoms with Gasteiger partial charge in [0.05, 0.1) is 0 Å². The SMILES string of the molecule is C=C(C)C(=O)NCCc1ccc(NC(=O)C(=C)C)cc1. The summed E-state index contributed by atoms with van der Waals surface area (Å²) >= 11 is 0. The molecule has 1 aromatic carbocycles. The summed E-state index contributed by atoms with van der Waals surface area (Å²) in [7, 11) is 0. The zero-order valence-corrected chi connectivity index (χ0v) is 12.0. The summed E-state index contributed by atoms with van der Waals surface area (Å²) in [6, 6.07) is 7.50. The van der Waals surface area contributed by atoms with Crippen LogP contribution in [0.3, 0.4) is 0 Å². The Morgan fingerprint density at radius 2 is 1.55 bits per heavy atom. The summed E-state index contributed by atoms with van der Waals surface area (Å²) in [6.07, 6.45) is 0.730. The van der Waals surface area contributed by atoms with Gasteiger partial charge in [-0.1, -0.05) is 25.3 Å². The van der Waals surface area contributed by atoms with Gasteiger partial charge in [-0.25, -0.2) is 0 Å². The topological polar surface area (TPSA) is 58.2 Å². The lowest BCUT2D eigenvalue weighted by atomic mass is 10.1. The number of amides is 2. The van der Waals surface area contributed by atoms with E-state index in [0.29, 0.717) is 17.7 Å². The highest BCUT2D eigenvalue weighted by atomic mass is 16.2. The average Bonchev–Trinajstić information content (AvgIpc) is 2.40. The van der Waals surface area contributed by atoms with Crippen molar-refractivity contribution in [2.45, 2.75) is 20.3 Å². The Labute approximate surface area is 119 Å². The highest BCUT2D eigenvalue weighted by Gasteiger charge is 2.03. The number of benzene rings is 1. The molecule has 0 fully saturated rings. The van der Waals surface area contributed by atoms with Gasteiger partial charge in [-0.3, -0.25) is 9.59 Å². The van der Waals surface area contributed by atoms with Gasteiger partial charge in [0.1, 0.15) is 0 Å². The number of hydrogen-bond acceptors (Lipinski definition) is 2. The van der Waals surface area contributed by atoms with Crippen LogP contribution in [0.25, 0.3) is 0 Å². The minimum Gasteiger partial charge on any atom is -0.352 e. The molecule has 2 N–H and O–H groups in total. The molecule has 1 rings (SSSR count). The van der Waals surface area contributed by atoms with Crippen molar-refractivity contribution in [1.82, 2.24) is 5.32 Å². The number of carbonyl (C=O) groups is 2. The van der Waals surface area contributed by atoms with Gasteiger partial charge >= 0.3 is 0 Å². The normalized spacial score (nSPS) is 9.70. The van der Waals surface area contributed by atoms with Gasteiger partial charge < -0.3 is 10.6 Å². The van der Waals surface area contributed by atoms with E-state index in [2.05, 4.69) is 23.8 Å². The largest absolute Gasteiger partial charge is 0.352 e. The van der Waals surface area contributed by atoms with Crippen molar-refractivity contribution in [2.75, 3.05) is 11.9 Å². The fourth-order valence-electron chi connectivity index (χ4n) is 1.46. The molecule has 2 amide bonds. The Morgan fingerprint density at radius 3 is 2.05 bits per heavy atom. The molecule has 0 unspecified atom stereocenters. The lowest BCUT2D eigenvalue weighted by Crippen LogP contribution is -2.25. The van der Waals surface area contributed by atoms with E-state index in [1.54, 1.807) is 13.8 Å². The van der Waals surface area contributed by atoms with Crippen LogP contribution in [-0.4, -0.2) is 18.4 Å². The maximum absolute atomic E-state index is 11.4. The van der Waals surface area contributed by atoms with Gasteiger partial charge in [0.15, 0.2) is 0 Å². The van der Waals surface area contributed by atoms with Gasteiger partial charge in [-0.15, -0.1) is 0 Å². The van der Waals surface area contributed by atoms with Crippen LogP contribution in [0.4, 0.5) is 5.69 Å². The van der Waals surface area contributed by atoms with Gasteiger partial charge in [-0.2, -0.15) is 0 Å². The second-order valence-corrected chi connectivity index (χ2v) is 4.72. The average molecular weight is 272 g/mol. The molecular formula is C16H20N2O2. The van der Waals surface area contributed by atoms with E-state index in [1.807, 2.05) is 24.3 Å². The molecule has 4 nitrogen and oxygen atoms in total. The third-order valence-electron chi connectivity index (χ3n) is 2.69. The second kappa shape index (κ2) is 7.28. The van der Waals surface area contributed by atoms with E-state index in [4.69, 9.17) is 0 Å². The first-order valence-corrected chi connectivity index (χ1v) is 6.39. The summed E-state index contributed by atoms with van der Waals surface area (Å²) in [6.45, 7) is 11.0. The molecule has 0 radical (unpaired) electrons. The van der Waals surface area contributed by atoms with E-state index in [0.717, 1.165) is 17.7 Å². The molecule has 0 aromatic heterocycles. The third kappa shape index (κ3) is 5.10. The Hall–Kier alpha value is -2.36. The van der Waals surface area contributed by atoms with Crippen LogP contribution in [0.2, 0.25) is 0 Å². The van der Waals surface area contributed by atoms with Crippen LogP contribution in [0.1, 0.15) is 19.4 Å². The lowest BCUT2D eigenvalue weighted by molar-refractivity contribution is -0.117. The monoisotopic (exact) mass is 272 g/mol. The smallest absolute Gasteiger partial charge is 0.250 e. The van der Waals surface area contributed by atoms with Crippen LogP contribution >= 0.6 is 0 Å². The van der Waals surface area contributed by atoms with E-state index >= 15 is 0 Å². The highest BCUT2D eigenvalue weighted by Crippen LogP contribution is 2.10. The molecular weight excluding hydrogens is 252 g/mol. The minimum atomic E-state index is -0.188. The Kier molecular flexibility index (Phi) is 5.72. The van der Waals surface area contributed by atoms with Crippen molar-refractivity contribution in [2.24, 2.45) is 0 Å². The zero-order valence-electron chi connectivity index (χ0n) is 12.0. The molecule has 0 aliphatic rings. The molecule has 106 valence electrons. The van der Waals surface area contributed by atoms with Crippen molar-refractivity contribution in [3.8, 4) is 0 Å². The molecule has 0 bridgehead atoms. The fourth-order valence-corrected chi connectivity index (χ4v) is 1.46. The first-order valence-electron chi connectivity index (χ1n) is 6.39. The van der Waals surface area contributed by atoms with Crippen LogP contribution in [0, 0.1) is 0 Å². The Bertz CT molecular complexity index is 530. The molecule has 0 saturated carbocycles. The van der Waals surface area contributed by atoms with Crippen molar-refractivity contribution >= 4 is 17.5 Å². The quantitative estimate of drug-likeness (QED) is 0.781. The first-order chi connectivity index (χ1) is 9.40. The number of hydrogen-bond donors (Lipinski definition) is 2. The predicted octanol–water partition coefficient (Wildman–Crippen LogP) is 2.44. The predicted molar refractivity (Wildman–Crippen MR) is 81.4 cm³/mol. The molecule has 0 spiro atoms. The van der Waals surface area contributed by atoms with Gasteiger partial charge in [0.2, 0.25) is 5.91 Å². The summed E-state index contributed by atoms with van der Waals surface area (Å²) in [4.78, 5) is 22.7. The van der Waals surface area contributed by atoms with Crippen molar-refractivity contribution in [3.05, 3.63) is 54.1 Å². The zero-order chi connectivity index (χ0) is 15.1. The lowest BCUT2D eigenvalue weighted by Gasteiger charge is -2.07. The molecule has 0 atom stereocenters. The third-order valence-corrected chi connectivity index (χ3v) is 2.69. The van der Waals surface area contributed by atoms with Crippen LogP contribution in [0.15, 0.2) is 48.6 Å². The highest BCUT2D eigenvalue weighted by molar-refractivity contribution is 6.02. The Balaban J connectivity index is 2.47. The van der Waals surface area contributed by atoms with Crippen LogP contribution < -0.4 is 10.6 Å². The second-order valence-electron chi connectivity index (χ2n) is 4.72. The van der Waals surface area contributed by atoms with E-state index in [1.165, 1.54) is 0 Å². The molecule has 0 heterocycles. The van der Waals surface area contributed by atoms with Crippen LogP contribution in [0.5, 0.6) is 0 Å². The van der Waals surface area contributed by atoms with Gasteiger partial charge in [0.25, 0.3) is 5.91 Å². The number of carbonyl (C=O) groups excluding carboxylic acids is 2. The summed E-state index contributed by atoms with van der Waals surface area (Å²) in [5.41, 5.74) is 2.78. The first kappa shape index (κ1) is 15.7. The summed E-state index contributed by atoms with van der Waals surface area (Å²) in [5, 5.41) is 5.51. The molecule has 0 aliphatic heterocycles. The molecule has 0 aliphatic carbocycles. The van der Waals surface area contributed by atoms with E-state index in [-0.39, 0.29) is 11.8 Å². The fraction of sp³-hybridized carbons (Fsp3) is 0.250. The minimum absolute atomic E-state index is 0.129. The molecule has 20 heavy (non-hydrogen) atoms. The molecule has 1 aromatic rings. The number of rotatable bonds is 6. The van der Waals surface area contributed by atoms with E-state index in [9.17, 15) is 9.59 Å². The van der Waals surface area contributed by atoms with Gasteiger partial charge in [0, 0.05) is 23.4 Å². The summed E-state index contributed by atoms with van der Waals surface area (Å²) in [5.74, 6) is -0.318. The van der Waals surface area contributed by atoms with Gasteiger partial charge in [-0.05, 0) is 38.0 Å². The Morgan fingerprint density at radius 1 is 1.00 bits per heavy atom. The van der Waals surface area contributed by atoms with Crippen molar-refractivity contribution in [1.29, 1.82) is 0 Å². The maximum atomic E-state index is 11.4. The number of nitrogens with one attached hydrogen (secondary N) is 2. The molecule has 0 saturated heterocycles. The molecule has 4 heteroatoms. The maximum Gasteiger partial charge on any atom is 0.250 e. The van der Waals surface area contributed by atoms with E-state index < -0.39 is 0 Å². The van der Waals surface area contributed by atoms with Crippen LogP contribution in [-0.2, 0) is 16.0 Å². The summed E-state index contributed by atoms with van der Waals surface area (Å²) < 4.78 is 0. The van der Waals surface area contributed by atoms with Crippen molar-refractivity contribution < 1.29 is 9.59 Å². The number of anilines is 1. The van der Waals surface area contributed by atoms with Crippen molar-refractivity contribution in [3.63, 3.8) is 0 Å². The standard InChI is InChI=1S/C16H20N2O2/c1-11(2)15(19)17-10-9-13-5-7-14(8-6-13)18-16(20)12(3)4/h5-8H,1,3,9-10H2,2,4H3,(H,17,19)(H,18,20).